The van der Waals surface area contributed by atoms with Crippen LogP contribution in [0.3, 0.4) is 0 Å². The second-order valence-electron chi connectivity index (χ2n) is 6.73. The highest BCUT2D eigenvalue weighted by molar-refractivity contribution is 5.82. The summed E-state index contributed by atoms with van der Waals surface area (Å²) in [6.45, 7) is 1.28. The van der Waals surface area contributed by atoms with Gasteiger partial charge in [0.2, 0.25) is 5.91 Å². The number of halogens is 1. The lowest BCUT2D eigenvalue weighted by atomic mass is 9.96. The third-order valence-electron chi connectivity index (χ3n) is 4.95. The summed E-state index contributed by atoms with van der Waals surface area (Å²) < 4.78 is 18.7. The first kappa shape index (κ1) is 15.2. The summed E-state index contributed by atoms with van der Waals surface area (Å²) in [5.41, 5.74) is 2.25. The van der Waals surface area contributed by atoms with E-state index in [0.29, 0.717) is 19.1 Å². The maximum absolute atomic E-state index is 13.0. The first-order valence-electron chi connectivity index (χ1n) is 8.44. The average Bonchev–Trinajstić information content (AvgIpc) is 3.41. The third kappa shape index (κ3) is 3.14. The molecule has 0 radical (unpaired) electrons. The number of para-hydroxylation sites is 1. The molecule has 2 aromatic carbocycles. The van der Waals surface area contributed by atoms with Gasteiger partial charge in [-0.25, -0.2) is 4.39 Å². The van der Waals surface area contributed by atoms with Gasteiger partial charge in [-0.15, -0.1) is 0 Å². The average molecular weight is 325 g/mol. The predicted octanol–water partition coefficient (Wildman–Crippen LogP) is 3.30. The van der Waals surface area contributed by atoms with Crippen LogP contribution >= 0.6 is 0 Å². The Morgan fingerprint density at radius 2 is 1.96 bits per heavy atom. The van der Waals surface area contributed by atoms with E-state index < -0.39 is 0 Å². The van der Waals surface area contributed by atoms with Gasteiger partial charge >= 0.3 is 0 Å². The van der Waals surface area contributed by atoms with Crippen molar-refractivity contribution >= 4 is 5.91 Å². The number of nitrogens with one attached hydrogen (secondary N) is 1. The summed E-state index contributed by atoms with van der Waals surface area (Å²) in [7, 11) is 0. The highest BCUT2D eigenvalue weighted by Gasteiger charge is 2.43. The molecule has 4 heteroatoms. The molecule has 1 saturated carbocycles. The van der Waals surface area contributed by atoms with Crippen LogP contribution in [0.15, 0.2) is 48.5 Å². The second kappa shape index (κ2) is 6.27. The zero-order chi connectivity index (χ0) is 16.5. The zero-order valence-corrected chi connectivity index (χ0v) is 13.4. The molecule has 0 spiro atoms. The Morgan fingerprint density at radius 3 is 2.79 bits per heavy atom. The van der Waals surface area contributed by atoms with Crippen LogP contribution in [0, 0.1) is 17.7 Å². The van der Waals surface area contributed by atoms with E-state index in [2.05, 4.69) is 11.4 Å². The van der Waals surface area contributed by atoms with Gasteiger partial charge in [0.15, 0.2) is 0 Å². The highest BCUT2D eigenvalue weighted by atomic mass is 19.1. The number of hydrogen-bond acceptors (Lipinski definition) is 2. The lowest BCUT2D eigenvalue weighted by Gasteiger charge is -2.25. The van der Waals surface area contributed by atoms with E-state index >= 15 is 0 Å². The lowest BCUT2D eigenvalue weighted by molar-refractivity contribution is -0.122. The molecule has 0 aromatic heterocycles. The Balaban J connectivity index is 1.28. The minimum atomic E-state index is -0.238. The Morgan fingerprint density at radius 1 is 1.17 bits per heavy atom. The molecule has 1 aliphatic heterocycles. The summed E-state index contributed by atoms with van der Waals surface area (Å²) >= 11 is 0. The first-order chi connectivity index (χ1) is 11.7. The lowest BCUT2D eigenvalue weighted by Crippen LogP contribution is -2.35. The minimum Gasteiger partial charge on any atom is -0.493 e. The number of fused-ring (bicyclic) bond motifs is 1. The van der Waals surface area contributed by atoms with Gasteiger partial charge in [0, 0.05) is 18.4 Å². The van der Waals surface area contributed by atoms with E-state index in [1.807, 2.05) is 18.2 Å². The standard InChI is InChI=1S/C20H20FNO2/c21-16-7-5-14(6-8-16)17-10-18(17)20(23)22-11-13-9-15-3-1-2-4-19(15)24-12-13/h1-8,13,17-18H,9-12H2,(H,22,23). The van der Waals surface area contributed by atoms with Gasteiger partial charge in [-0.05, 0) is 48.1 Å². The number of ether oxygens (including phenoxy) is 1. The maximum Gasteiger partial charge on any atom is 0.223 e. The van der Waals surface area contributed by atoms with Gasteiger partial charge < -0.3 is 10.1 Å². The molecule has 2 aliphatic rings. The minimum absolute atomic E-state index is 0.0206. The Bertz CT molecular complexity index is 744. The molecule has 1 heterocycles. The smallest absolute Gasteiger partial charge is 0.223 e. The van der Waals surface area contributed by atoms with E-state index in [1.54, 1.807) is 12.1 Å². The molecule has 1 aliphatic carbocycles. The molecule has 4 rings (SSSR count). The molecule has 3 nitrogen and oxygen atoms in total. The molecule has 1 fully saturated rings. The van der Waals surface area contributed by atoms with Crippen LogP contribution in [-0.2, 0) is 11.2 Å². The third-order valence-corrected chi connectivity index (χ3v) is 4.95. The van der Waals surface area contributed by atoms with Crippen LogP contribution in [0.2, 0.25) is 0 Å². The van der Waals surface area contributed by atoms with Gasteiger partial charge in [0.25, 0.3) is 0 Å². The molecule has 24 heavy (non-hydrogen) atoms. The van der Waals surface area contributed by atoms with Crippen LogP contribution in [0.1, 0.15) is 23.5 Å². The SMILES string of the molecule is O=C(NCC1COc2ccccc2C1)C1CC1c1ccc(F)cc1. The monoisotopic (exact) mass is 325 g/mol. The zero-order valence-electron chi connectivity index (χ0n) is 13.4. The van der Waals surface area contributed by atoms with Crippen molar-refractivity contribution in [3.8, 4) is 5.75 Å². The number of carbonyl (C=O) groups is 1. The fourth-order valence-electron chi connectivity index (χ4n) is 3.46. The quantitative estimate of drug-likeness (QED) is 0.937. The summed E-state index contributed by atoms with van der Waals surface area (Å²) in [5.74, 6) is 1.38. The van der Waals surface area contributed by atoms with E-state index in [9.17, 15) is 9.18 Å². The van der Waals surface area contributed by atoms with Crippen molar-refractivity contribution in [2.24, 2.45) is 11.8 Å². The Hall–Kier alpha value is -2.36. The molecule has 2 aromatic rings. The van der Waals surface area contributed by atoms with Crippen molar-refractivity contribution < 1.29 is 13.9 Å². The Kier molecular flexibility index (Phi) is 3.97. The van der Waals surface area contributed by atoms with Crippen LogP contribution in [0.5, 0.6) is 5.75 Å². The number of carbonyl (C=O) groups excluding carboxylic acids is 1. The molecule has 1 amide bonds. The number of hydrogen-bond donors (Lipinski definition) is 1. The molecule has 1 N–H and O–H groups in total. The summed E-state index contributed by atoms with van der Waals surface area (Å²) in [4.78, 5) is 12.3. The number of amides is 1. The number of rotatable bonds is 4. The van der Waals surface area contributed by atoms with Crippen LogP contribution in [-0.4, -0.2) is 19.1 Å². The maximum atomic E-state index is 13.0. The first-order valence-corrected chi connectivity index (χ1v) is 8.44. The molecular weight excluding hydrogens is 305 g/mol. The fraction of sp³-hybridized carbons (Fsp3) is 0.350. The normalized spacial score (nSPS) is 24.6. The van der Waals surface area contributed by atoms with Gasteiger partial charge in [0.05, 0.1) is 6.61 Å². The predicted molar refractivity (Wildman–Crippen MR) is 89.4 cm³/mol. The van der Waals surface area contributed by atoms with Gasteiger partial charge in [-0.3, -0.25) is 4.79 Å². The summed E-state index contributed by atoms with van der Waals surface area (Å²) in [6.07, 6.45) is 1.78. The van der Waals surface area contributed by atoms with E-state index in [1.165, 1.54) is 17.7 Å². The molecule has 3 unspecified atom stereocenters. The summed E-state index contributed by atoms with van der Waals surface area (Å²) in [5, 5.41) is 3.06. The van der Waals surface area contributed by atoms with Gasteiger partial charge in [0.1, 0.15) is 11.6 Å². The number of benzene rings is 2. The van der Waals surface area contributed by atoms with Gasteiger partial charge in [-0.2, -0.15) is 0 Å². The van der Waals surface area contributed by atoms with Crippen molar-refractivity contribution in [1.82, 2.24) is 5.32 Å². The largest absolute Gasteiger partial charge is 0.493 e. The fourth-order valence-corrected chi connectivity index (χ4v) is 3.46. The van der Waals surface area contributed by atoms with Crippen molar-refractivity contribution in [1.29, 1.82) is 0 Å². The molecular formula is C20H20FNO2. The van der Waals surface area contributed by atoms with Crippen molar-refractivity contribution in [2.45, 2.75) is 18.8 Å². The summed E-state index contributed by atoms with van der Waals surface area (Å²) in [6, 6.07) is 14.5. The van der Waals surface area contributed by atoms with E-state index in [-0.39, 0.29) is 23.6 Å². The highest BCUT2D eigenvalue weighted by Crippen LogP contribution is 2.47. The molecule has 0 bridgehead atoms. The van der Waals surface area contributed by atoms with Crippen LogP contribution in [0.4, 0.5) is 4.39 Å². The molecule has 3 atom stereocenters. The van der Waals surface area contributed by atoms with Crippen molar-refractivity contribution in [3.05, 3.63) is 65.5 Å². The molecule has 0 saturated heterocycles. The molecule has 124 valence electrons. The van der Waals surface area contributed by atoms with Crippen LogP contribution < -0.4 is 10.1 Å². The second-order valence-corrected chi connectivity index (χ2v) is 6.73. The Labute approximate surface area is 140 Å². The topological polar surface area (TPSA) is 38.3 Å². The van der Waals surface area contributed by atoms with Crippen LogP contribution in [0.25, 0.3) is 0 Å². The van der Waals surface area contributed by atoms with Crippen molar-refractivity contribution in [2.75, 3.05) is 13.2 Å². The van der Waals surface area contributed by atoms with E-state index in [0.717, 1.165) is 24.2 Å². The van der Waals surface area contributed by atoms with Crippen molar-refractivity contribution in [3.63, 3.8) is 0 Å². The van der Waals surface area contributed by atoms with Gasteiger partial charge in [-0.1, -0.05) is 30.3 Å². The van der Waals surface area contributed by atoms with E-state index in [4.69, 9.17) is 4.74 Å².